The summed E-state index contributed by atoms with van der Waals surface area (Å²) in [5.41, 5.74) is 2.24. The molecule has 76 valence electrons. The third-order valence-electron chi connectivity index (χ3n) is 1.94. The van der Waals surface area contributed by atoms with Crippen molar-refractivity contribution < 1.29 is 9.53 Å². The largest absolute Gasteiger partial charge is 0.466 e. The Hall–Kier alpha value is -2.17. The summed E-state index contributed by atoms with van der Waals surface area (Å²) < 4.78 is 4.49. The molecule has 0 aliphatic rings. The second kappa shape index (κ2) is 3.91. The second-order valence-corrected chi connectivity index (χ2v) is 2.85. The van der Waals surface area contributed by atoms with E-state index in [2.05, 4.69) is 19.7 Å². The van der Waals surface area contributed by atoms with E-state index < -0.39 is 5.97 Å². The van der Waals surface area contributed by atoms with E-state index in [0.717, 1.165) is 11.1 Å². The number of nitrogens with zero attached hydrogens (tertiary/aromatic N) is 2. The molecule has 0 saturated carbocycles. The first-order valence-corrected chi connectivity index (χ1v) is 4.35. The number of hydrogen-bond acceptors (Lipinski definition) is 4. The van der Waals surface area contributed by atoms with Crippen LogP contribution in [0.1, 0.15) is 5.56 Å². The van der Waals surface area contributed by atoms with E-state index in [1.807, 2.05) is 0 Å². The van der Waals surface area contributed by atoms with Crippen molar-refractivity contribution in [2.75, 3.05) is 7.11 Å². The molecule has 0 saturated heterocycles. The van der Waals surface area contributed by atoms with Gasteiger partial charge in [-0.15, -0.1) is 0 Å². The third kappa shape index (κ3) is 1.85. The summed E-state index contributed by atoms with van der Waals surface area (Å²) >= 11 is 0. The smallest absolute Gasteiger partial charge is 0.330 e. The van der Waals surface area contributed by atoms with Crippen LogP contribution in [0.3, 0.4) is 0 Å². The van der Waals surface area contributed by atoms with Gasteiger partial charge in [0.25, 0.3) is 0 Å². The van der Waals surface area contributed by atoms with Crippen molar-refractivity contribution >= 4 is 23.2 Å². The van der Waals surface area contributed by atoms with Crippen molar-refractivity contribution in [1.82, 2.24) is 15.0 Å². The molecule has 0 aliphatic carbocycles. The average Bonchev–Trinajstić information content (AvgIpc) is 2.69. The van der Waals surface area contributed by atoms with E-state index in [9.17, 15) is 4.79 Å². The first-order chi connectivity index (χ1) is 7.31. The fourth-order valence-corrected chi connectivity index (χ4v) is 1.22. The van der Waals surface area contributed by atoms with Gasteiger partial charge in [0.05, 0.1) is 7.11 Å². The van der Waals surface area contributed by atoms with E-state index in [-0.39, 0.29) is 0 Å². The summed E-state index contributed by atoms with van der Waals surface area (Å²) in [5, 5.41) is 0. The number of nitrogens with one attached hydrogen (secondary N) is 1. The van der Waals surface area contributed by atoms with Crippen LogP contribution in [0.4, 0.5) is 0 Å². The lowest BCUT2D eigenvalue weighted by Crippen LogP contribution is -1.93. The van der Waals surface area contributed by atoms with Gasteiger partial charge in [-0.1, -0.05) is 0 Å². The molecule has 2 aromatic rings. The summed E-state index contributed by atoms with van der Waals surface area (Å²) in [6.07, 6.45) is 7.93. The van der Waals surface area contributed by atoms with Crippen LogP contribution < -0.4 is 0 Å². The Balaban J connectivity index is 2.36. The van der Waals surface area contributed by atoms with Crippen LogP contribution in [0.2, 0.25) is 0 Å². The van der Waals surface area contributed by atoms with Crippen LogP contribution in [0, 0.1) is 0 Å². The molecule has 0 atom stereocenters. The summed E-state index contributed by atoms with van der Waals surface area (Å²) in [6, 6.07) is 0. The van der Waals surface area contributed by atoms with Crippen molar-refractivity contribution in [1.29, 1.82) is 0 Å². The molecule has 0 bridgehead atoms. The van der Waals surface area contributed by atoms with Crippen LogP contribution in [0.5, 0.6) is 0 Å². The van der Waals surface area contributed by atoms with Gasteiger partial charge in [0.2, 0.25) is 0 Å². The number of carbonyl (C=O) groups is 1. The fraction of sp³-hybridized carbons (Fsp3) is 0.100. The molecule has 0 radical (unpaired) electrons. The average molecular weight is 203 g/mol. The molecular weight excluding hydrogens is 194 g/mol. The molecule has 0 aromatic carbocycles. The predicted molar refractivity (Wildman–Crippen MR) is 54.9 cm³/mol. The Morgan fingerprint density at radius 3 is 3.07 bits per heavy atom. The maximum Gasteiger partial charge on any atom is 0.330 e. The first-order valence-electron chi connectivity index (χ1n) is 4.35. The molecular formula is C10H9N3O2. The normalized spacial score (nSPS) is 11.0. The van der Waals surface area contributed by atoms with Gasteiger partial charge >= 0.3 is 5.97 Å². The summed E-state index contributed by atoms with van der Waals surface area (Å²) in [5.74, 6) is -0.395. The highest BCUT2D eigenvalue weighted by molar-refractivity contribution is 5.91. The standard InChI is InChI=1S/C10H9N3O2/c1-15-8(14)3-2-7-6-13-10-9(7)11-4-5-12-10/h2-6H,1H3,(H,12,13)/b3-2+. The molecule has 5 heteroatoms. The highest BCUT2D eigenvalue weighted by atomic mass is 16.5. The number of ether oxygens (including phenoxy) is 1. The minimum absolute atomic E-state index is 0.395. The predicted octanol–water partition coefficient (Wildman–Crippen LogP) is 1.14. The molecule has 2 heterocycles. The van der Waals surface area contributed by atoms with Gasteiger partial charge in [0, 0.05) is 30.2 Å². The Morgan fingerprint density at radius 2 is 2.27 bits per heavy atom. The van der Waals surface area contributed by atoms with Gasteiger partial charge in [0.15, 0.2) is 5.65 Å². The second-order valence-electron chi connectivity index (χ2n) is 2.85. The Labute approximate surface area is 85.8 Å². The van der Waals surface area contributed by atoms with Gasteiger partial charge in [-0.3, -0.25) is 4.98 Å². The van der Waals surface area contributed by atoms with Crippen molar-refractivity contribution in [3.05, 3.63) is 30.2 Å². The quantitative estimate of drug-likeness (QED) is 0.587. The van der Waals surface area contributed by atoms with Crippen LogP contribution in [0.25, 0.3) is 17.2 Å². The van der Waals surface area contributed by atoms with Gasteiger partial charge in [0.1, 0.15) is 5.52 Å². The Kier molecular flexibility index (Phi) is 2.45. The lowest BCUT2D eigenvalue weighted by molar-refractivity contribution is -0.134. The molecule has 5 nitrogen and oxygen atoms in total. The number of hydrogen-bond donors (Lipinski definition) is 1. The van der Waals surface area contributed by atoms with Gasteiger partial charge in [-0.05, 0) is 6.08 Å². The van der Waals surface area contributed by atoms with Gasteiger partial charge in [-0.25, -0.2) is 9.78 Å². The third-order valence-corrected chi connectivity index (χ3v) is 1.94. The summed E-state index contributed by atoms with van der Waals surface area (Å²) in [6.45, 7) is 0. The SMILES string of the molecule is COC(=O)/C=C/c1c[nH]c2nccnc12. The lowest BCUT2D eigenvalue weighted by Gasteiger charge is -1.90. The lowest BCUT2D eigenvalue weighted by atomic mass is 10.3. The zero-order chi connectivity index (χ0) is 10.7. The van der Waals surface area contributed by atoms with Crippen molar-refractivity contribution in [2.24, 2.45) is 0 Å². The summed E-state index contributed by atoms with van der Waals surface area (Å²) in [7, 11) is 1.34. The maximum atomic E-state index is 10.9. The van der Waals surface area contributed by atoms with E-state index in [0.29, 0.717) is 5.65 Å². The van der Waals surface area contributed by atoms with E-state index in [1.165, 1.54) is 13.2 Å². The molecule has 0 amide bonds. The first kappa shape index (κ1) is 9.39. The molecule has 0 spiro atoms. The number of methoxy groups -OCH3 is 1. The molecule has 2 aromatic heterocycles. The number of carbonyl (C=O) groups excluding carboxylic acids is 1. The van der Waals surface area contributed by atoms with E-state index >= 15 is 0 Å². The molecule has 2 rings (SSSR count). The van der Waals surface area contributed by atoms with Gasteiger partial charge in [-0.2, -0.15) is 0 Å². The van der Waals surface area contributed by atoms with E-state index in [4.69, 9.17) is 0 Å². The van der Waals surface area contributed by atoms with Gasteiger partial charge < -0.3 is 9.72 Å². The molecule has 0 unspecified atom stereocenters. The minimum Gasteiger partial charge on any atom is -0.466 e. The molecule has 0 fully saturated rings. The number of fused-ring (bicyclic) bond motifs is 1. The highest BCUT2D eigenvalue weighted by Gasteiger charge is 2.02. The summed E-state index contributed by atoms with van der Waals surface area (Å²) in [4.78, 5) is 22.1. The van der Waals surface area contributed by atoms with E-state index in [1.54, 1.807) is 24.7 Å². The Bertz CT molecular complexity index is 516. The van der Waals surface area contributed by atoms with Crippen molar-refractivity contribution in [3.63, 3.8) is 0 Å². The maximum absolute atomic E-state index is 10.9. The number of rotatable bonds is 2. The monoisotopic (exact) mass is 203 g/mol. The number of esters is 1. The van der Waals surface area contributed by atoms with Crippen molar-refractivity contribution in [3.8, 4) is 0 Å². The Morgan fingerprint density at radius 1 is 1.47 bits per heavy atom. The minimum atomic E-state index is -0.395. The molecule has 1 N–H and O–H groups in total. The van der Waals surface area contributed by atoms with Crippen LogP contribution in [0.15, 0.2) is 24.7 Å². The molecule has 0 aliphatic heterocycles. The number of aromatic nitrogens is 3. The fourth-order valence-electron chi connectivity index (χ4n) is 1.22. The highest BCUT2D eigenvalue weighted by Crippen LogP contribution is 2.13. The molecule has 15 heavy (non-hydrogen) atoms. The number of aromatic amines is 1. The number of H-pyrrole nitrogens is 1. The van der Waals surface area contributed by atoms with Crippen LogP contribution >= 0.6 is 0 Å². The van der Waals surface area contributed by atoms with Crippen molar-refractivity contribution in [2.45, 2.75) is 0 Å². The van der Waals surface area contributed by atoms with Crippen LogP contribution in [-0.2, 0) is 9.53 Å². The topological polar surface area (TPSA) is 67.9 Å². The zero-order valence-electron chi connectivity index (χ0n) is 8.10. The van der Waals surface area contributed by atoms with Crippen LogP contribution in [-0.4, -0.2) is 28.0 Å². The zero-order valence-corrected chi connectivity index (χ0v) is 8.10.